The molecule has 3 aromatic carbocycles. The molecule has 0 aliphatic rings. The maximum absolute atomic E-state index is 14.1. The molecule has 0 unspecified atom stereocenters. The van der Waals surface area contributed by atoms with Gasteiger partial charge < -0.3 is 19.8 Å². The fourth-order valence-corrected chi connectivity index (χ4v) is 4.87. The van der Waals surface area contributed by atoms with E-state index in [1.165, 1.54) is 0 Å². The molecule has 0 saturated carbocycles. The number of carbonyl (C=O) groups is 3. The Hall–Kier alpha value is -4.82. The number of nitrogens with zero attached hydrogens (tertiary/aromatic N) is 4. The van der Waals surface area contributed by atoms with Gasteiger partial charge in [0.1, 0.15) is 0 Å². The van der Waals surface area contributed by atoms with Gasteiger partial charge in [0.15, 0.2) is 0 Å². The summed E-state index contributed by atoms with van der Waals surface area (Å²) in [7, 11) is 3.95. The van der Waals surface area contributed by atoms with E-state index in [0.29, 0.717) is 54.9 Å². The number of pyridine rings is 1. The number of hydrogen-bond acceptors (Lipinski definition) is 5. The highest BCUT2D eigenvalue weighted by molar-refractivity contribution is 6.06. The fraction of sp³-hybridized carbons (Fsp3) is 0.257. The van der Waals surface area contributed by atoms with Gasteiger partial charge in [-0.1, -0.05) is 72.8 Å². The molecule has 0 bridgehead atoms. The Labute approximate surface area is 253 Å². The number of benzene rings is 3. The quantitative estimate of drug-likeness (QED) is 0.224. The third-order valence-corrected chi connectivity index (χ3v) is 7.17. The first-order chi connectivity index (χ1) is 20.8. The van der Waals surface area contributed by atoms with Gasteiger partial charge in [-0.3, -0.25) is 19.4 Å². The average molecular weight is 579 g/mol. The molecule has 0 fully saturated rings. The molecule has 1 heterocycles. The molecule has 0 aliphatic carbocycles. The molecular formula is C35H38N4O4. The number of likely N-dealkylation sites (N-methyl/N-ethyl adjacent to an activating group) is 1. The first kappa shape index (κ1) is 31.1. The molecule has 8 nitrogen and oxygen atoms in total. The predicted molar refractivity (Wildman–Crippen MR) is 168 cm³/mol. The predicted octanol–water partition coefficient (Wildman–Crippen LogP) is 5.11. The van der Waals surface area contributed by atoms with E-state index in [2.05, 4.69) is 4.98 Å². The van der Waals surface area contributed by atoms with Gasteiger partial charge in [0, 0.05) is 62.2 Å². The standard InChI is InChI=1S/C35H38N4O4/c1-37(2)24-25-39(26-27-12-4-3-5-13-27)35(43)32-18-9-7-16-30(32)29-15-6-8-17-31(29)34(42)38(23-20-33(40)41)22-19-28-14-10-11-21-36-28/h3-18,21H,19-20,22-26H2,1-2H3,(H,40,41). The third kappa shape index (κ3) is 8.83. The molecule has 222 valence electrons. The van der Waals surface area contributed by atoms with Crippen LogP contribution in [0.2, 0.25) is 0 Å². The first-order valence-corrected chi connectivity index (χ1v) is 14.4. The van der Waals surface area contributed by atoms with E-state index in [-0.39, 0.29) is 24.8 Å². The monoisotopic (exact) mass is 578 g/mol. The van der Waals surface area contributed by atoms with Gasteiger partial charge >= 0.3 is 5.97 Å². The highest BCUT2D eigenvalue weighted by atomic mass is 16.4. The fourth-order valence-electron chi connectivity index (χ4n) is 4.87. The maximum atomic E-state index is 14.1. The molecule has 4 aromatic rings. The lowest BCUT2D eigenvalue weighted by Gasteiger charge is -2.26. The molecule has 0 saturated heterocycles. The first-order valence-electron chi connectivity index (χ1n) is 14.4. The number of rotatable bonds is 14. The van der Waals surface area contributed by atoms with Gasteiger partial charge in [-0.05, 0) is 55.1 Å². The lowest BCUT2D eigenvalue weighted by Crippen LogP contribution is -2.36. The molecule has 4 rings (SSSR count). The van der Waals surface area contributed by atoms with E-state index in [1.807, 2.05) is 103 Å². The van der Waals surface area contributed by atoms with E-state index in [0.717, 1.165) is 11.3 Å². The summed E-state index contributed by atoms with van der Waals surface area (Å²) >= 11 is 0. The zero-order valence-corrected chi connectivity index (χ0v) is 24.7. The lowest BCUT2D eigenvalue weighted by atomic mass is 9.93. The summed E-state index contributed by atoms with van der Waals surface area (Å²) in [5.41, 5.74) is 4.05. The van der Waals surface area contributed by atoms with Crippen LogP contribution in [-0.4, -0.2) is 82.8 Å². The highest BCUT2D eigenvalue weighted by Crippen LogP contribution is 2.29. The van der Waals surface area contributed by atoms with Crippen molar-refractivity contribution in [2.45, 2.75) is 19.4 Å². The number of carboxylic acids is 1. The smallest absolute Gasteiger partial charge is 0.305 e. The van der Waals surface area contributed by atoms with E-state index in [9.17, 15) is 19.5 Å². The van der Waals surface area contributed by atoms with Crippen molar-refractivity contribution >= 4 is 17.8 Å². The second-order valence-electron chi connectivity index (χ2n) is 10.6. The molecule has 1 N–H and O–H groups in total. The van der Waals surface area contributed by atoms with Gasteiger partial charge in [-0.15, -0.1) is 0 Å². The Morgan fingerprint density at radius 3 is 1.81 bits per heavy atom. The summed E-state index contributed by atoms with van der Waals surface area (Å²) in [5, 5.41) is 9.37. The minimum absolute atomic E-state index is 0.0608. The number of amides is 2. The Kier molecular flexibility index (Phi) is 11.2. The molecule has 8 heteroatoms. The summed E-state index contributed by atoms with van der Waals surface area (Å²) in [5.74, 6) is -1.39. The molecule has 0 aliphatic heterocycles. The van der Waals surface area contributed by atoms with Crippen molar-refractivity contribution in [1.29, 1.82) is 0 Å². The highest BCUT2D eigenvalue weighted by Gasteiger charge is 2.25. The Morgan fingerprint density at radius 2 is 1.23 bits per heavy atom. The normalized spacial score (nSPS) is 10.9. The second-order valence-corrected chi connectivity index (χ2v) is 10.6. The number of hydrogen-bond donors (Lipinski definition) is 1. The Morgan fingerprint density at radius 1 is 0.651 bits per heavy atom. The van der Waals surface area contributed by atoms with Crippen molar-refractivity contribution in [2.24, 2.45) is 0 Å². The van der Waals surface area contributed by atoms with Crippen molar-refractivity contribution in [1.82, 2.24) is 19.7 Å². The van der Waals surface area contributed by atoms with Gasteiger partial charge in [-0.25, -0.2) is 0 Å². The van der Waals surface area contributed by atoms with Crippen molar-refractivity contribution in [2.75, 3.05) is 40.3 Å². The van der Waals surface area contributed by atoms with Crippen LogP contribution in [0.1, 0.15) is 38.4 Å². The van der Waals surface area contributed by atoms with Crippen LogP contribution in [0.4, 0.5) is 0 Å². The largest absolute Gasteiger partial charge is 0.481 e. The van der Waals surface area contributed by atoms with Gasteiger partial charge in [0.25, 0.3) is 11.8 Å². The molecule has 0 atom stereocenters. The number of aromatic nitrogens is 1. The molecule has 2 amide bonds. The van der Waals surface area contributed by atoms with Crippen LogP contribution in [0, 0.1) is 0 Å². The minimum atomic E-state index is -0.976. The SMILES string of the molecule is CN(C)CCN(Cc1ccccc1)C(=O)c1ccccc1-c1ccccc1C(=O)N(CCC(=O)O)CCc1ccccn1. The maximum Gasteiger partial charge on any atom is 0.305 e. The van der Waals surface area contributed by atoms with Gasteiger partial charge in [0.2, 0.25) is 0 Å². The third-order valence-electron chi connectivity index (χ3n) is 7.17. The molecule has 1 aromatic heterocycles. The average Bonchev–Trinajstić information content (AvgIpc) is 3.03. The van der Waals surface area contributed by atoms with Crippen molar-refractivity contribution in [3.05, 3.63) is 126 Å². The van der Waals surface area contributed by atoms with Gasteiger partial charge in [0.05, 0.1) is 6.42 Å². The van der Waals surface area contributed by atoms with Crippen LogP contribution >= 0.6 is 0 Å². The van der Waals surface area contributed by atoms with Crippen LogP contribution in [0.5, 0.6) is 0 Å². The lowest BCUT2D eigenvalue weighted by molar-refractivity contribution is -0.137. The van der Waals surface area contributed by atoms with Crippen LogP contribution < -0.4 is 0 Å². The zero-order valence-electron chi connectivity index (χ0n) is 24.7. The van der Waals surface area contributed by atoms with Crippen LogP contribution in [-0.2, 0) is 17.8 Å². The van der Waals surface area contributed by atoms with Gasteiger partial charge in [-0.2, -0.15) is 0 Å². The molecule has 0 radical (unpaired) electrons. The van der Waals surface area contributed by atoms with E-state index < -0.39 is 5.97 Å². The summed E-state index contributed by atoms with van der Waals surface area (Å²) in [6.07, 6.45) is 2.01. The van der Waals surface area contributed by atoms with E-state index >= 15 is 0 Å². The minimum Gasteiger partial charge on any atom is -0.481 e. The second kappa shape index (κ2) is 15.4. The van der Waals surface area contributed by atoms with Crippen molar-refractivity contribution in [3.8, 4) is 11.1 Å². The zero-order chi connectivity index (χ0) is 30.6. The Balaban J connectivity index is 1.67. The van der Waals surface area contributed by atoms with Crippen molar-refractivity contribution in [3.63, 3.8) is 0 Å². The summed E-state index contributed by atoms with van der Waals surface area (Å²) in [4.78, 5) is 49.4. The number of aliphatic carboxylic acids is 1. The summed E-state index contributed by atoms with van der Waals surface area (Å²) in [6, 6.07) is 30.0. The van der Waals surface area contributed by atoms with Crippen LogP contribution in [0.3, 0.4) is 0 Å². The number of carboxylic acid groups (broad SMARTS) is 1. The van der Waals surface area contributed by atoms with Crippen LogP contribution in [0.15, 0.2) is 103 Å². The van der Waals surface area contributed by atoms with Crippen LogP contribution in [0.25, 0.3) is 11.1 Å². The number of carbonyl (C=O) groups excluding carboxylic acids is 2. The molecular weight excluding hydrogens is 540 g/mol. The molecule has 43 heavy (non-hydrogen) atoms. The topological polar surface area (TPSA) is 94.1 Å². The summed E-state index contributed by atoms with van der Waals surface area (Å²) < 4.78 is 0. The molecule has 0 spiro atoms. The Bertz CT molecular complexity index is 1510. The van der Waals surface area contributed by atoms with E-state index in [4.69, 9.17) is 0 Å². The van der Waals surface area contributed by atoms with Crippen molar-refractivity contribution < 1.29 is 19.5 Å². The summed E-state index contributed by atoms with van der Waals surface area (Å²) in [6.45, 7) is 2.06. The van der Waals surface area contributed by atoms with E-state index in [1.54, 1.807) is 29.3 Å².